The fraction of sp³-hybridized carbons (Fsp3) is 0.235. The largest absolute Gasteiger partial charge is 0.490 e. The molecule has 0 aromatic heterocycles. The molecule has 0 amide bonds. The molecule has 2 nitrogen and oxygen atoms in total. The maximum atomic E-state index is 12.4. The molecule has 3 rings (SSSR count). The summed E-state index contributed by atoms with van der Waals surface area (Å²) in [6.45, 7) is 1.89. The van der Waals surface area contributed by atoms with Crippen LogP contribution in [0.15, 0.2) is 42.5 Å². The second-order valence-corrected chi connectivity index (χ2v) is 5.54. The van der Waals surface area contributed by atoms with Crippen LogP contribution >= 0.6 is 11.6 Å². The molecule has 0 radical (unpaired) electrons. The van der Waals surface area contributed by atoms with E-state index in [1.807, 2.05) is 37.3 Å². The summed E-state index contributed by atoms with van der Waals surface area (Å²) in [6.07, 6.45) is 2.63. The summed E-state index contributed by atoms with van der Waals surface area (Å²) in [5.74, 6) is 0.832. The van der Waals surface area contributed by atoms with Crippen molar-refractivity contribution in [3.8, 4) is 5.75 Å². The van der Waals surface area contributed by atoms with Gasteiger partial charge in [0.25, 0.3) is 0 Å². The minimum atomic E-state index is 0.00254. The van der Waals surface area contributed by atoms with Crippen molar-refractivity contribution in [2.75, 3.05) is 0 Å². The minimum absolute atomic E-state index is 0.00254. The molecule has 0 saturated heterocycles. The third kappa shape index (κ3) is 2.86. The molecule has 102 valence electrons. The summed E-state index contributed by atoms with van der Waals surface area (Å²) in [6, 6.07) is 12.7. The molecule has 0 spiro atoms. The van der Waals surface area contributed by atoms with Crippen molar-refractivity contribution in [2.45, 2.75) is 25.9 Å². The summed E-state index contributed by atoms with van der Waals surface area (Å²) in [7, 11) is 0. The number of ketones is 1. The summed E-state index contributed by atoms with van der Waals surface area (Å²) in [4.78, 5) is 12.4. The zero-order valence-electron chi connectivity index (χ0n) is 11.2. The number of halogens is 1. The van der Waals surface area contributed by atoms with E-state index in [1.165, 1.54) is 0 Å². The molecule has 20 heavy (non-hydrogen) atoms. The number of rotatable bonds is 4. The minimum Gasteiger partial charge on any atom is -0.490 e. The van der Waals surface area contributed by atoms with E-state index in [9.17, 15) is 4.79 Å². The summed E-state index contributed by atoms with van der Waals surface area (Å²) < 4.78 is 5.67. The number of aryl methyl sites for hydroxylation is 1. The third-order valence-corrected chi connectivity index (χ3v) is 3.79. The van der Waals surface area contributed by atoms with Crippen LogP contribution < -0.4 is 4.74 Å². The van der Waals surface area contributed by atoms with Crippen molar-refractivity contribution in [2.24, 2.45) is 0 Å². The van der Waals surface area contributed by atoms with Gasteiger partial charge in [0, 0.05) is 16.1 Å². The van der Waals surface area contributed by atoms with Crippen LogP contribution in [0.4, 0.5) is 0 Å². The van der Waals surface area contributed by atoms with Crippen molar-refractivity contribution >= 4 is 17.4 Å². The fourth-order valence-electron chi connectivity index (χ4n) is 2.02. The SMILES string of the molecule is Cc1cc(C(=O)c2ccc(OC3CC3)cc2)ccc1Cl. The predicted octanol–water partition coefficient (Wildman–Crippen LogP) is 4.42. The van der Waals surface area contributed by atoms with Crippen LogP contribution in [0.1, 0.15) is 34.3 Å². The number of benzene rings is 2. The second-order valence-electron chi connectivity index (χ2n) is 5.13. The van der Waals surface area contributed by atoms with Crippen LogP contribution in [0.5, 0.6) is 5.75 Å². The smallest absolute Gasteiger partial charge is 0.193 e. The first kappa shape index (κ1) is 13.2. The van der Waals surface area contributed by atoms with Crippen LogP contribution in [0.2, 0.25) is 5.02 Å². The zero-order valence-corrected chi connectivity index (χ0v) is 12.0. The van der Waals surface area contributed by atoms with Gasteiger partial charge in [-0.05, 0) is 67.8 Å². The van der Waals surface area contributed by atoms with Gasteiger partial charge in [0.1, 0.15) is 5.75 Å². The standard InChI is InChI=1S/C17H15ClO2/c1-11-10-13(4-9-16(11)18)17(19)12-2-5-14(6-3-12)20-15-7-8-15/h2-6,9-10,15H,7-8H2,1H3. The number of hydrogen-bond acceptors (Lipinski definition) is 2. The second kappa shape index (κ2) is 5.29. The van der Waals surface area contributed by atoms with E-state index in [2.05, 4.69) is 0 Å². The highest BCUT2D eigenvalue weighted by molar-refractivity contribution is 6.31. The van der Waals surface area contributed by atoms with Gasteiger partial charge in [0.05, 0.1) is 6.10 Å². The monoisotopic (exact) mass is 286 g/mol. The van der Waals surface area contributed by atoms with Crippen molar-refractivity contribution < 1.29 is 9.53 Å². The van der Waals surface area contributed by atoms with Crippen molar-refractivity contribution in [3.05, 3.63) is 64.2 Å². The summed E-state index contributed by atoms with van der Waals surface area (Å²) in [5.41, 5.74) is 2.23. The molecule has 0 aliphatic heterocycles. The Hall–Kier alpha value is -1.80. The van der Waals surface area contributed by atoms with Crippen LogP contribution in [0.25, 0.3) is 0 Å². The Labute approximate surface area is 123 Å². The third-order valence-electron chi connectivity index (χ3n) is 3.36. The van der Waals surface area contributed by atoms with Crippen LogP contribution in [-0.2, 0) is 0 Å². The van der Waals surface area contributed by atoms with E-state index in [-0.39, 0.29) is 5.78 Å². The van der Waals surface area contributed by atoms with E-state index in [0.717, 1.165) is 24.2 Å². The summed E-state index contributed by atoms with van der Waals surface area (Å²) in [5, 5.41) is 0.676. The quantitative estimate of drug-likeness (QED) is 0.778. The molecule has 1 fully saturated rings. The first-order valence-corrected chi connectivity index (χ1v) is 7.09. The molecule has 0 atom stereocenters. The van der Waals surface area contributed by atoms with Crippen molar-refractivity contribution in [3.63, 3.8) is 0 Å². The Kier molecular flexibility index (Phi) is 3.49. The van der Waals surface area contributed by atoms with Gasteiger partial charge in [-0.3, -0.25) is 4.79 Å². The predicted molar refractivity (Wildman–Crippen MR) is 79.7 cm³/mol. The van der Waals surface area contributed by atoms with Crippen LogP contribution in [0, 0.1) is 6.92 Å². The Morgan fingerprint density at radius 2 is 1.75 bits per heavy atom. The highest BCUT2D eigenvalue weighted by Crippen LogP contribution is 2.27. The maximum Gasteiger partial charge on any atom is 0.193 e. The van der Waals surface area contributed by atoms with Gasteiger partial charge in [-0.25, -0.2) is 0 Å². The zero-order chi connectivity index (χ0) is 14.1. The molecule has 3 heteroatoms. The average molecular weight is 287 g/mol. The first-order valence-electron chi connectivity index (χ1n) is 6.71. The van der Waals surface area contributed by atoms with E-state index in [1.54, 1.807) is 12.1 Å². The Bertz CT molecular complexity index is 643. The molecule has 1 saturated carbocycles. The lowest BCUT2D eigenvalue weighted by Gasteiger charge is -2.06. The van der Waals surface area contributed by atoms with Gasteiger partial charge in [0.15, 0.2) is 5.78 Å². The first-order chi connectivity index (χ1) is 9.63. The van der Waals surface area contributed by atoms with Gasteiger partial charge in [-0.15, -0.1) is 0 Å². The van der Waals surface area contributed by atoms with E-state index in [0.29, 0.717) is 22.3 Å². The van der Waals surface area contributed by atoms with Gasteiger partial charge in [0.2, 0.25) is 0 Å². The maximum absolute atomic E-state index is 12.4. The molecule has 1 aliphatic rings. The topological polar surface area (TPSA) is 26.3 Å². The highest BCUT2D eigenvalue weighted by Gasteiger charge is 2.23. The van der Waals surface area contributed by atoms with Crippen LogP contribution in [0.3, 0.4) is 0 Å². The van der Waals surface area contributed by atoms with Crippen molar-refractivity contribution in [1.29, 1.82) is 0 Å². The lowest BCUT2D eigenvalue weighted by molar-refractivity contribution is 0.103. The van der Waals surface area contributed by atoms with E-state index in [4.69, 9.17) is 16.3 Å². The average Bonchev–Trinajstić information content (AvgIpc) is 3.26. The Morgan fingerprint density at radius 3 is 2.35 bits per heavy atom. The Balaban J connectivity index is 1.80. The number of carbonyl (C=O) groups is 1. The molecule has 1 aliphatic carbocycles. The van der Waals surface area contributed by atoms with Gasteiger partial charge in [-0.1, -0.05) is 11.6 Å². The normalized spacial score (nSPS) is 14.1. The fourth-order valence-corrected chi connectivity index (χ4v) is 2.13. The number of hydrogen-bond donors (Lipinski definition) is 0. The number of ether oxygens (including phenoxy) is 1. The lowest BCUT2D eigenvalue weighted by Crippen LogP contribution is -2.02. The molecule has 0 N–H and O–H groups in total. The number of carbonyl (C=O) groups excluding carboxylic acids is 1. The van der Waals surface area contributed by atoms with Gasteiger partial charge < -0.3 is 4.74 Å². The lowest BCUT2D eigenvalue weighted by atomic mass is 10.0. The van der Waals surface area contributed by atoms with E-state index >= 15 is 0 Å². The van der Waals surface area contributed by atoms with Crippen LogP contribution in [-0.4, -0.2) is 11.9 Å². The Morgan fingerprint density at radius 1 is 1.10 bits per heavy atom. The molecular weight excluding hydrogens is 272 g/mol. The molecule has 0 bridgehead atoms. The van der Waals surface area contributed by atoms with Crippen molar-refractivity contribution in [1.82, 2.24) is 0 Å². The molecule has 2 aromatic carbocycles. The van der Waals surface area contributed by atoms with Gasteiger partial charge in [-0.2, -0.15) is 0 Å². The molecular formula is C17H15ClO2. The molecule has 2 aromatic rings. The summed E-state index contributed by atoms with van der Waals surface area (Å²) >= 11 is 5.98. The van der Waals surface area contributed by atoms with E-state index < -0.39 is 0 Å². The molecule has 0 heterocycles. The highest BCUT2D eigenvalue weighted by atomic mass is 35.5. The molecule has 0 unspecified atom stereocenters. The van der Waals surface area contributed by atoms with Gasteiger partial charge >= 0.3 is 0 Å².